The Morgan fingerprint density at radius 1 is 1.15 bits per heavy atom. The highest BCUT2D eigenvalue weighted by Gasteiger charge is 2.69. The second-order valence-electron chi connectivity index (χ2n) is 1.88. The molecule has 0 aliphatic carbocycles. The third kappa shape index (κ3) is 1.39. The van der Waals surface area contributed by atoms with E-state index in [0.29, 0.717) is 0 Å². The minimum Gasteiger partial charge on any atom is -0.388 e. The van der Waals surface area contributed by atoms with Crippen LogP contribution in [0.5, 0.6) is 0 Å². The van der Waals surface area contributed by atoms with Crippen LogP contribution >= 0.6 is 0 Å². The quantitative estimate of drug-likeness (QED) is 0.654. The molecule has 0 aromatic rings. The van der Waals surface area contributed by atoms with Crippen LogP contribution in [0.3, 0.4) is 0 Å². The summed E-state index contributed by atoms with van der Waals surface area (Å²) in [7, 11) is 0. The van der Waals surface area contributed by atoms with E-state index in [-0.39, 0.29) is 0 Å². The van der Waals surface area contributed by atoms with Crippen molar-refractivity contribution in [2.75, 3.05) is 0 Å². The van der Waals surface area contributed by atoms with Crippen LogP contribution in [0.25, 0.3) is 0 Å². The predicted octanol–water partition coefficient (Wildman–Crippen LogP) is 2.22. The Labute approximate surface area is 66.4 Å². The summed E-state index contributed by atoms with van der Waals surface area (Å²) in [4.78, 5) is 1.80. The fourth-order valence-corrected chi connectivity index (χ4v) is 0.496. The van der Waals surface area contributed by atoms with E-state index in [2.05, 4.69) is 9.47 Å². The Morgan fingerprint density at radius 2 is 1.54 bits per heavy atom. The van der Waals surface area contributed by atoms with E-state index < -0.39 is 24.2 Å². The molecular weight excluding hydrogens is 210 g/mol. The van der Waals surface area contributed by atoms with Gasteiger partial charge in [0.1, 0.15) is 0 Å². The van der Waals surface area contributed by atoms with Gasteiger partial charge in [-0.3, -0.25) is 0 Å². The second-order valence-corrected chi connectivity index (χ2v) is 1.88. The lowest BCUT2D eigenvalue weighted by Gasteiger charge is -2.21. The summed E-state index contributed by atoms with van der Waals surface area (Å²) in [5, 5.41) is 0. The largest absolute Gasteiger partial charge is 0.511 e. The van der Waals surface area contributed by atoms with Crippen LogP contribution in [-0.4, -0.2) is 12.1 Å². The van der Waals surface area contributed by atoms with Gasteiger partial charge in [-0.25, -0.2) is 0 Å². The van der Waals surface area contributed by atoms with Crippen molar-refractivity contribution in [2.45, 2.75) is 12.1 Å². The van der Waals surface area contributed by atoms with E-state index in [0.717, 1.165) is 0 Å². The molecule has 3 nitrogen and oxygen atoms in total. The van der Waals surface area contributed by atoms with Gasteiger partial charge < -0.3 is 9.47 Å². The van der Waals surface area contributed by atoms with Gasteiger partial charge in [0.2, 0.25) is 0 Å². The molecule has 1 heterocycles. The van der Waals surface area contributed by atoms with E-state index >= 15 is 0 Å². The van der Waals surface area contributed by atoms with Gasteiger partial charge in [-0.1, -0.05) is 0 Å². The first-order valence-electron chi connectivity index (χ1n) is 2.62. The van der Waals surface area contributed by atoms with Crippen molar-refractivity contribution in [3.63, 3.8) is 0 Å². The first-order valence-corrected chi connectivity index (χ1v) is 2.62. The zero-order valence-electron chi connectivity index (χ0n) is 5.49. The second kappa shape index (κ2) is 2.69. The standard InChI is InChI=1S/C4F6O3/c5-1-2(6)12-4(9,11-1)3(7,8)13-10. The molecule has 0 radical (unpaired) electrons. The molecule has 0 N–H and O–H groups in total. The molecule has 0 aromatic carbocycles. The molecule has 0 bridgehead atoms. The average molecular weight is 210 g/mol. The van der Waals surface area contributed by atoms with Gasteiger partial charge in [0, 0.05) is 0 Å². The Bertz CT molecular complexity index is 236. The molecule has 0 fully saturated rings. The molecule has 9 heteroatoms. The monoisotopic (exact) mass is 210 g/mol. The highest BCUT2D eigenvalue weighted by atomic mass is 19.4. The summed E-state index contributed by atoms with van der Waals surface area (Å²) in [5.74, 6) is 0. The minimum absolute atomic E-state index is 1.80. The smallest absolute Gasteiger partial charge is 0.388 e. The first-order chi connectivity index (χ1) is 5.82. The molecule has 0 unspecified atom stereocenters. The Balaban J connectivity index is 2.85. The van der Waals surface area contributed by atoms with E-state index in [4.69, 9.17) is 0 Å². The normalized spacial score (nSPS) is 21.4. The molecule has 1 rings (SSSR count). The zero-order valence-corrected chi connectivity index (χ0v) is 5.49. The Hall–Kier alpha value is -1.12. The lowest BCUT2D eigenvalue weighted by atomic mass is 10.5. The topological polar surface area (TPSA) is 27.7 Å². The highest BCUT2D eigenvalue weighted by molar-refractivity contribution is 4.94. The van der Waals surface area contributed by atoms with Crippen LogP contribution in [0.1, 0.15) is 0 Å². The average Bonchev–Trinajstić information content (AvgIpc) is 2.28. The summed E-state index contributed by atoms with van der Waals surface area (Å²) in [6, 6.07) is -9.39. The maximum Gasteiger partial charge on any atom is 0.511 e. The summed E-state index contributed by atoms with van der Waals surface area (Å²) in [6.45, 7) is 0. The Kier molecular flexibility index (Phi) is 2.06. The molecule has 13 heavy (non-hydrogen) atoms. The van der Waals surface area contributed by atoms with Crippen LogP contribution in [-0.2, 0) is 14.4 Å². The molecule has 1 aliphatic heterocycles. The number of hydrogen-bond acceptors (Lipinski definition) is 3. The van der Waals surface area contributed by atoms with Crippen LogP contribution < -0.4 is 0 Å². The van der Waals surface area contributed by atoms with E-state index in [1.807, 2.05) is 0 Å². The van der Waals surface area contributed by atoms with Gasteiger partial charge >= 0.3 is 24.2 Å². The van der Waals surface area contributed by atoms with Crippen LogP contribution in [0.4, 0.5) is 26.5 Å². The highest BCUT2D eigenvalue weighted by Crippen LogP contribution is 2.44. The fraction of sp³-hybridized carbons (Fsp3) is 0.500. The summed E-state index contributed by atoms with van der Waals surface area (Å²) >= 11 is 0. The van der Waals surface area contributed by atoms with Crippen LogP contribution in [0, 0.1) is 0 Å². The maximum atomic E-state index is 12.5. The number of halogens is 6. The van der Waals surface area contributed by atoms with Gasteiger partial charge in [-0.2, -0.15) is 17.6 Å². The van der Waals surface area contributed by atoms with E-state index in [1.165, 1.54) is 0 Å². The van der Waals surface area contributed by atoms with E-state index in [9.17, 15) is 26.5 Å². The summed E-state index contributed by atoms with van der Waals surface area (Å²) < 4.78 is 77.2. The van der Waals surface area contributed by atoms with Crippen molar-refractivity contribution >= 4 is 0 Å². The Morgan fingerprint density at radius 3 is 1.85 bits per heavy atom. The molecule has 0 amide bonds. The minimum atomic E-state index is -5.28. The fourth-order valence-electron chi connectivity index (χ4n) is 0.496. The molecule has 0 atom stereocenters. The third-order valence-corrected chi connectivity index (χ3v) is 1.04. The van der Waals surface area contributed by atoms with Gasteiger partial charge in [0.25, 0.3) is 0 Å². The van der Waals surface area contributed by atoms with Gasteiger partial charge in [-0.15, -0.1) is 9.33 Å². The third-order valence-electron chi connectivity index (χ3n) is 1.04. The molecule has 1 aliphatic rings. The van der Waals surface area contributed by atoms with Crippen molar-refractivity contribution in [1.29, 1.82) is 0 Å². The maximum absolute atomic E-state index is 12.5. The SMILES string of the molecule is FOC(F)(F)C1(F)OC(F)=C(F)O1. The number of alkyl halides is 3. The van der Waals surface area contributed by atoms with E-state index in [1.54, 1.807) is 4.94 Å². The lowest BCUT2D eigenvalue weighted by Crippen LogP contribution is -2.46. The molecule has 0 aromatic heterocycles. The zero-order chi connectivity index (χ0) is 10.3. The van der Waals surface area contributed by atoms with Crippen LogP contribution in [0.2, 0.25) is 0 Å². The van der Waals surface area contributed by atoms with Crippen molar-refractivity contribution in [1.82, 2.24) is 0 Å². The summed E-state index contributed by atoms with van der Waals surface area (Å²) in [6.07, 6.45) is -5.28. The molecule has 76 valence electrons. The molecule has 0 saturated heterocycles. The van der Waals surface area contributed by atoms with Crippen molar-refractivity contribution in [3.05, 3.63) is 12.0 Å². The van der Waals surface area contributed by atoms with Crippen molar-refractivity contribution in [3.8, 4) is 0 Å². The van der Waals surface area contributed by atoms with Gasteiger partial charge in [-0.05, 0) is 4.53 Å². The molecule has 0 saturated carbocycles. The van der Waals surface area contributed by atoms with Crippen molar-refractivity contribution < 1.29 is 40.9 Å². The first kappa shape index (κ1) is 9.96. The van der Waals surface area contributed by atoms with Gasteiger partial charge in [0.15, 0.2) is 0 Å². The molecule has 0 spiro atoms. The lowest BCUT2D eigenvalue weighted by molar-refractivity contribution is -0.489. The number of hydrogen-bond donors (Lipinski definition) is 0. The molecular formula is C4F6O3. The number of rotatable bonds is 2. The predicted molar refractivity (Wildman–Crippen MR) is 22.4 cm³/mol. The van der Waals surface area contributed by atoms with Gasteiger partial charge in [0.05, 0.1) is 0 Å². The number of ether oxygens (including phenoxy) is 2. The van der Waals surface area contributed by atoms with Crippen molar-refractivity contribution in [2.24, 2.45) is 0 Å². The van der Waals surface area contributed by atoms with Crippen LogP contribution in [0.15, 0.2) is 12.0 Å². The summed E-state index contributed by atoms with van der Waals surface area (Å²) in [5.41, 5.74) is 0.